The molecular weight excluding hydrogens is 158 g/mol. The lowest BCUT2D eigenvalue weighted by Gasteiger charge is -1.98. The molecule has 0 aliphatic carbocycles. The van der Waals surface area contributed by atoms with Crippen molar-refractivity contribution in [3.8, 4) is 11.5 Å². The standard InChI is InChI=1S/C8H7NO3/c1-5-2-7-8(12-4-11-7)3-6(5)9-10/h2-3H,4H2,1H3. The predicted octanol–water partition coefficient (Wildman–Crippen LogP) is 2.12. The normalized spacial score (nSPS) is 13.1. The van der Waals surface area contributed by atoms with E-state index in [1.807, 2.05) is 0 Å². The molecule has 1 aliphatic rings. The van der Waals surface area contributed by atoms with Gasteiger partial charge in [0, 0.05) is 6.07 Å². The van der Waals surface area contributed by atoms with Crippen molar-refractivity contribution < 1.29 is 9.47 Å². The van der Waals surface area contributed by atoms with E-state index in [2.05, 4.69) is 5.18 Å². The molecule has 1 aliphatic heterocycles. The van der Waals surface area contributed by atoms with E-state index in [4.69, 9.17) is 9.47 Å². The first-order valence-corrected chi connectivity index (χ1v) is 3.55. The number of nitroso groups, excluding NO2 is 1. The molecule has 0 fully saturated rings. The van der Waals surface area contributed by atoms with E-state index in [1.165, 1.54) is 0 Å². The molecular formula is C8H7NO3. The van der Waals surface area contributed by atoms with E-state index in [1.54, 1.807) is 19.1 Å². The number of hydrogen-bond acceptors (Lipinski definition) is 4. The van der Waals surface area contributed by atoms with Crippen LogP contribution in [-0.4, -0.2) is 6.79 Å². The highest BCUT2D eigenvalue weighted by Crippen LogP contribution is 2.37. The fourth-order valence-corrected chi connectivity index (χ4v) is 1.13. The minimum atomic E-state index is 0.219. The minimum Gasteiger partial charge on any atom is -0.454 e. The van der Waals surface area contributed by atoms with Crippen LogP contribution in [0.15, 0.2) is 17.3 Å². The summed E-state index contributed by atoms with van der Waals surface area (Å²) >= 11 is 0. The molecule has 62 valence electrons. The lowest BCUT2D eigenvalue weighted by molar-refractivity contribution is 0.174. The van der Waals surface area contributed by atoms with Crippen LogP contribution in [0.25, 0.3) is 0 Å². The SMILES string of the molecule is Cc1cc2c(cc1N=O)OCO2. The minimum absolute atomic E-state index is 0.219. The van der Waals surface area contributed by atoms with Gasteiger partial charge in [-0.15, -0.1) is 4.91 Å². The van der Waals surface area contributed by atoms with Crippen LogP contribution < -0.4 is 9.47 Å². The number of ether oxygens (including phenoxy) is 2. The Labute approximate surface area is 69.1 Å². The van der Waals surface area contributed by atoms with Gasteiger partial charge in [0.1, 0.15) is 5.69 Å². The summed E-state index contributed by atoms with van der Waals surface area (Å²) in [7, 11) is 0. The van der Waals surface area contributed by atoms with E-state index >= 15 is 0 Å². The van der Waals surface area contributed by atoms with Crippen molar-refractivity contribution in [3.63, 3.8) is 0 Å². The van der Waals surface area contributed by atoms with E-state index in [9.17, 15) is 4.91 Å². The maximum Gasteiger partial charge on any atom is 0.231 e. The van der Waals surface area contributed by atoms with Crippen molar-refractivity contribution in [2.24, 2.45) is 5.18 Å². The molecule has 0 radical (unpaired) electrons. The van der Waals surface area contributed by atoms with Crippen LogP contribution in [-0.2, 0) is 0 Å². The average molecular weight is 165 g/mol. The second-order valence-corrected chi connectivity index (χ2v) is 2.58. The van der Waals surface area contributed by atoms with Crippen LogP contribution in [0.1, 0.15) is 5.56 Å². The third-order valence-corrected chi connectivity index (χ3v) is 1.79. The Kier molecular flexibility index (Phi) is 1.46. The van der Waals surface area contributed by atoms with Crippen molar-refractivity contribution in [1.29, 1.82) is 0 Å². The van der Waals surface area contributed by atoms with Crippen molar-refractivity contribution in [2.45, 2.75) is 6.92 Å². The summed E-state index contributed by atoms with van der Waals surface area (Å²) in [6.07, 6.45) is 0. The zero-order chi connectivity index (χ0) is 8.55. The van der Waals surface area contributed by atoms with Gasteiger partial charge in [0.05, 0.1) is 0 Å². The molecule has 0 unspecified atom stereocenters. The van der Waals surface area contributed by atoms with Crippen molar-refractivity contribution in [2.75, 3.05) is 6.79 Å². The zero-order valence-electron chi connectivity index (χ0n) is 6.53. The average Bonchev–Trinajstić information content (AvgIpc) is 2.49. The highest BCUT2D eigenvalue weighted by molar-refractivity contribution is 5.57. The van der Waals surface area contributed by atoms with Gasteiger partial charge in [-0.25, -0.2) is 0 Å². The molecule has 2 rings (SSSR count). The number of benzene rings is 1. The maximum absolute atomic E-state index is 10.3. The predicted molar refractivity (Wildman–Crippen MR) is 42.8 cm³/mol. The second-order valence-electron chi connectivity index (χ2n) is 2.58. The smallest absolute Gasteiger partial charge is 0.231 e. The first kappa shape index (κ1) is 7.09. The molecule has 1 aromatic carbocycles. The van der Waals surface area contributed by atoms with Gasteiger partial charge in [-0.1, -0.05) is 0 Å². The molecule has 0 spiro atoms. The van der Waals surface area contributed by atoms with Gasteiger partial charge in [-0.3, -0.25) is 0 Å². The Morgan fingerprint density at radius 1 is 1.33 bits per heavy atom. The number of nitrogens with zero attached hydrogens (tertiary/aromatic N) is 1. The lowest BCUT2D eigenvalue weighted by atomic mass is 10.2. The molecule has 0 aromatic heterocycles. The number of aryl methyl sites for hydroxylation is 1. The molecule has 12 heavy (non-hydrogen) atoms. The Bertz CT molecular complexity index is 335. The molecule has 4 heteroatoms. The maximum atomic E-state index is 10.3. The van der Waals surface area contributed by atoms with E-state index < -0.39 is 0 Å². The Hall–Kier alpha value is -1.58. The summed E-state index contributed by atoms with van der Waals surface area (Å²) in [6, 6.07) is 3.34. The number of rotatable bonds is 1. The zero-order valence-corrected chi connectivity index (χ0v) is 6.53. The van der Waals surface area contributed by atoms with Crippen LogP contribution >= 0.6 is 0 Å². The summed E-state index contributed by atoms with van der Waals surface area (Å²) in [6.45, 7) is 2.02. The van der Waals surface area contributed by atoms with E-state index in [0.717, 1.165) is 5.56 Å². The van der Waals surface area contributed by atoms with Gasteiger partial charge in [0.2, 0.25) is 6.79 Å². The lowest BCUT2D eigenvalue weighted by Crippen LogP contribution is -1.92. The summed E-state index contributed by atoms with van der Waals surface area (Å²) in [5.41, 5.74) is 1.20. The molecule has 0 N–H and O–H groups in total. The van der Waals surface area contributed by atoms with Gasteiger partial charge in [-0.05, 0) is 23.7 Å². The Balaban J connectivity index is 2.56. The number of fused-ring (bicyclic) bond motifs is 1. The Morgan fingerprint density at radius 2 is 2.00 bits per heavy atom. The first-order valence-electron chi connectivity index (χ1n) is 3.55. The number of hydrogen-bond donors (Lipinski definition) is 0. The third-order valence-electron chi connectivity index (χ3n) is 1.79. The van der Waals surface area contributed by atoms with Gasteiger partial charge in [0.15, 0.2) is 11.5 Å². The van der Waals surface area contributed by atoms with Crippen molar-refractivity contribution in [3.05, 3.63) is 22.6 Å². The van der Waals surface area contributed by atoms with Crippen LogP contribution in [0.2, 0.25) is 0 Å². The largest absolute Gasteiger partial charge is 0.454 e. The topological polar surface area (TPSA) is 47.9 Å². The quantitative estimate of drug-likeness (QED) is 0.599. The molecule has 0 atom stereocenters. The Morgan fingerprint density at radius 3 is 2.67 bits per heavy atom. The van der Waals surface area contributed by atoms with Crippen molar-refractivity contribution >= 4 is 5.69 Å². The summed E-state index contributed by atoms with van der Waals surface area (Å²) in [4.78, 5) is 10.3. The van der Waals surface area contributed by atoms with Crippen LogP contribution in [0.3, 0.4) is 0 Å². The monoisotopic (exact) mass is 165 g/mol. The summed E-state index contributed by atoms with van der Waals surface area (Å²) in [5, 5.41) is 2.86. The first-order chi connectivity index (χ1) is 5.81. The molecule has 4 nitrogen and oxygen atoms in total. The van der Waals surface area contributed by atoms with Crippen LogP contribution in [0, 0.1) is 11.8 Å². The van der Waals surface area contributed by atoms with E-state index in [-0.39, 0.29) is 6.79 Å². The molecule has 0 saturated heterocycles. The summed E-state index contributed by atoms with van der Waals surface area (Å²) < 4.78 is 10.2. The van der Waals surface area contributed by atoms with Crippen LogP contribution in [0.4, 0.5) is 5.69 Å². The molecule has 1 aromatic rings. The van der Waals surface area contributed by atoms with Gasteiger partial charge in [-0.2, -0.15) is 0 Å². The van der Waals surface area contributed by atoms with Gasteiger partial charge >= 0.3 is 0 Å². The fourth-order valence-electron chi connectivity index (χ4n) is 1.13. The second kappa shape index (κ2) is 2.48. The highest BCUT2D eigenvalue weighted by atomic mass is 16.7. The third kappa shape index (κ3) is 0.922. The van der Waals surface area contributed by atoms with Gasteiger partial charge < -0.3 is 9.47 Å². The fraction of sp³-hybridized carbons (Fsp3) is 0.250. The highest BCUT2D eigenvalue weighted by Gasteiger charge is 2.15. The summed E-state index contributed by atoms with van der Waals surface area (Å²) in [5.74, 6) is 1.27. The van der Waals surface area contributed by atoms with Gasteiger partial charge in [0.25, 0.3) is 0 Å². The van der Waals surface area contributed by atoms with Crippen molar-refractivity contribution in [1.82, 2.24) is 0 Å². The molecule has 0 saturated carbocycles. The molecule has 0 bridgehead atoms. The van der Waals surface area contributed by atoms with Crippen LogP contribution in [0.5, 0.6) is 11.5 Å². The molecule has 1 heterocycles. The molecule has 0 amide bonds. The van der Waals surface area contributed by atoms with E-state index in [0.29, 0.717) is 17.2 Å².